The maximum absolute atomic E-state index is 12.5. The first kappa shape index (κ1) is 20.9. The summed E-state index contributed by atoms with van der Waals surface area (Å²) in [5, 5.41) is 3.26. The maximum Gasteiger partial charge on any atom is 0.253 e. The van der Waals surface area contributed by atoms with E-state index in [1.807, 2.05) is 18.7 Å². The number of carbonyl (C=O) groups excluding carboxylic acids is 1. The summed E-state index contributed by atoms with van der Waals surface area (Å²) < 4.78 is 26.2. The molecule has 1 aromatic carbocycles. The van der Waals surface area contributed by atoms with Crippen molar-refractivity contribution >= 4 is 28.3 Å². The fourth-order valence-electron chi connectivity index (χ4n) is 2.44. The molecule has 0 saturated carbocycles. The summed E-state index contributed by atoms with van der Waals surface area (Å²) >= 11 is 0. The number of carbonyl (C=O) groups is 1. The SMILES string of the molecule is CC(C)N(C)S(=O)(=O)c1ccc(C(=O)N2CCCNCC2)cc1.Cl. The number of benzene rings is 1. The van der Waals surface area contributed by atoms with Gasteiger partial charge in [0, 0.05) is 38.3 Å². The fraction of sp³-hybridized carbons (Fsp3) is 0.562. The minimum Gasteiger partial charge on any atom is -0.337 e. The molecule has 0 unspecified atom stereocenters. The normalized spacial score (nSPS) is 16.0. The van der Waals surface area contributed by atoms with E-state index in [4.69, 9.17) is 0 Å². The molecule has 2 rings (SSSR count). The lowest BCUT2D eigenvalue weighted by molar-refractivity contribution is 0.0766. The van der Waals surface area contributed by atoms with Gasteiger partial charge in [0.05, 0.1) is 4.90 Å². The van der Waals surface area contributed by atoms with Gasteiger partial charge < -0.3 is 10.2 Å². The summed E-state index contributed by atoms with van der Waals surface area (Å²) in [6, 6.07) is 6.10. The van der Waals surface area contributed by atoms with Gasteiger partial charge in [0.1, 0.15) is 0 Å². The van der Waals surface area contributed by atoms with E-state index in [0.29, 0.717) is 12.1 Å². The number of nitrogens with zero attached hydrogens (tertiary/aromatic N) is 2. The van der Waals surface area contributed by atoms with E-state index in [0.717, 1.165) is 26.1 Å². The number of amides is 1. The second-order valence-electron chi connectivity index (χ2n) is 6.04. The summed E-state index contributed by atoms with van der Waals surface area (Å²) in [4.78, 5) is 14.5. The Balaban J connectivity index is 0.00000288. The molecule has 0 aromatic heterocycles. The van der Waals surface area contributed by atoms with E-state index in [1.165, 1.54) is 16.4 Å². The maximum atomic E-state index is 12.5. The van der Waals surface area contributed by atoms with Gasteiger partial charge in [-0.3, -0.25) is 4.79 Å². The summed E-state index contributed by atoms with van der Waals surface area (Å²) in [6.45, 7) is 6.75. The molecular weight excluding hydrogens is 350 g/mol. The van der Waals surface area contributed by atoms with Gasteiger partial charge in [0.15, 0.2) is 0 Å². The molecule has 0 aliphatic carbocycles. The Bertz CT molecular complexity index is 639. The topological polar surface area (TPSA) is 69.7 Å². The zero-order chi connectivity index (χ0) is 17.0. The van der Waals surface area contributed by atoms with Gasteiger partial charge in [0.25, 0.3) is 5.91 Å². The van der Waals surface area contributed by atoms with Gasteiger partial charge in [-0.05, 0) is 51.1 Å². The van der Waals surface area contributed by atoms with Crippen molar-refractivity contribution in [1.82, 2.24) is 14.5 Å². The van der Waals surface area contributed by atoms with Crippen molar-refractivity contribution in [3.05, 3.63) is 29.8 Å². The highest BCUT2D eigenvalue weighted by Gasteiger charge is 2.24. The van der Waals surface area contributed by atoms with Crippen LogP contribution < -0.4 is 5.32 Å². The molecule has 1 heterocycles. The van der Waals surface area contributed by atoms with Gasteiger partial charge in [-0.2, -0.15) is 4.31 Å². The summed E-state index contributed by atoms with van der Waals surface area (Å²) in [5.41, 5.74) is 0.526. The lowest BCUT2D eigenvalue weighted by Crippen LogP contribution is -2.34. The van der Waals surface area contributed by atoms with Crippen molar-refractivity contribution in [3.8, 4) is 0 Å². The van der Waals surface area contributed by atoms with Crippen LogP contribution >= 0.6 is 12.4 Å². The molecule has 0 atom stereocenters. The van der Waals surface area contributed by atoms with Crippen LogP contribution in [0, 0.1) is 0 Å². The third kappa shape index (κ3) is 4.69. The minimum absolute atomic E-state index is 0. The van der Waals surface area contributed by atoms with Crippen LogP contribution in [0.1, 0.15) is 30.6 Å². The fourth-order valence-corrected chi connectivity index (χ4v) is 3.81. The lowest BCUT2D eigenvalue weighted by atomic mass is 10.2. The highest BCUT2D eigenvalue weighted by atomic mass is 35.5. The number of sulfonamides is 1. The van der Waals surface area contributed by atoms with E-state index in [9.17, 15) is 13.2 Å². The van der Waals surface area contributed by atoms with Gasteiger partial charge in [-0.25, -0.2) is 8.42 Å². The van der Waals surface area contributed by atoms with Crippen LogP contribution in [0.3, 0.4) is 0 Å². The number of hydrogen-bond donors (Lipinski definition) is 1. The first-order valence-electron chi connectivity index (χ1n) is 7.92. The molecule has 1 fully saturated rings. The highest BCUT2D eigenvalue weighted by Crippen LogP contribution is 2.18. The number of rotatable bonds is 4. The van der Waals surface area contributed by atoms with Crippen molar-refractivity contribution in [3.63, 3.8) is 0 Å². The van der Waals surface area contributed by atoms with Gasteiger partial charge in [-0.1, -0.05) is 0 Å². The lowest BCUT2D eigenvalue weighted by Gasteiger charge is -2.22. The van der Waals surface area contributed by atoms with E-state index in [2.05, 4.69) is 5.32 Å². The molecule has 1 aliphatic heterocycles. The molecule has 0 bridgehead atoms. The largest absolute Gasteiger partial charge is 0.337 e. The molecule has 24 heavy (non-hydrogen) atoms. The Labute approximate surface area is 150 Å². The molecule has 0 spiro atoms. The molecule has 1 amide bonds. The summed E-state index contributed by atoms with van der Waals surface area (Å²) in [5.74, 6) is -0.0464. The Morgan fingerprint density at radius 1 is 1.17 bits per heavy atom. The molecule has 0 radical (unpaired) electrons. The van der Waals surface area contributed by atoms with Crippen molar-refractivity contribution in [1.29, 1.82) is 0 Å². The summed E-state index contributed by atoms with van der Waals surface area (Å²) in [6.07, 6.45) is 0.928. The molecule has 1 aromatic rings. The highest BCUT2D eigenvalue weighted by molar-refractivity contribution is 7.89. The van der Waals surface area contributed by atoms with Crippen molar-refractivity contribution in [2.75, 3.05) is 33.2 Å². The Morgan fingerprint density at radius 3 is 2.38 bits per heavy atom. The van der Waals surface area contributed by atoms with Gasteiger partial charge in [0.2, 0.25) is 10.0 Å². The predicted octanol–water partition coefficient (Wildman–Crippen LogP) is 1.57. The smallest absolute Gasteiger partial charge is 0.253 e. The number of halogens is 1. The zero-order valence-electron chi connectivity index (χ0n) is 14.4. The molecule has 8 heteroatoms. The quantitative estimate of drug-likeness (QED) is 0.867. The first-order valence-corrected chi connectivity index (χ1v) is 9.36. The second kappa shape index (κ2) is 8.80. The van der Waals surface area contributed by atoms with Crippen LogP contribution in [0.25, 0.3) is 0 Å². The van der Waals surface area contributed by atoms with Crippen molar-refractivity contribution < 1.29 is 13.2 Å². The summed E-state index contributed by atoms with van der Waals surface area (Å²) in [7, 11) is -1.95. The molecule has 1 saturated heterocycles. The van der Waals surface area contributed by atoms with Crippen LogP contribution in [0.5, 0.6) is 0 Å². The van der Waals surface area contributed by atoms with Crippen LogP contribution in [0.2, 0.25) is 0 Å². The molecule has 136 valence electrons. The number of hydrogen-bond acceptors (Lipinski definition) is 4. The van der Waals surface area contributed by atoms with E-state index in [1.54, 1.807) is 19.2 Å². The van der Waals surface area contributed by atoms with Gasteiger partial charge >= 0.3 is 0 Å². The molecular formula is C16H26ClN3O3S. The monoisotopic (exact) mass is 375 g/mol. The standard InChI is InChI=1S/C16H25N3O3S.ClH/c1-13(2)18(3)23(21,22)15-7-5-14(6-8-15)16(20)19-11-4-9-17-10-12-19;/h5-8,13,17H,4,9-12H2,1-3H3;1H. The molecule has 1 aliphatic rings. The van der Waals surface area contributed by atoms with Gasteiger partial charge in [-0.15, -0.1) is 12.4 Å². The first-order chi connectivity index (χ1) is 10.8. The zero-order valence-corrected chi connectivity index (χ0v) is 16.0. The minimum atomic E-state index is -3.51. The van der Waals surface area contributed by atoms with E-state index in [-0.39, 0.29) is 29.3 Å². The third-order valence-corrected chi connectivity index (χ3v) is 6.18. The molecule has 6 nitrogen and oxygen atoms in total. The number of nitrogens with one attached hydrogen (secondary N) is 1. The Hall–Kier alpha value is -1.15. The van der Waals surface area contributed by atoms with Crippen molar-refractivity contribution in [2.24, 2.45) is 0 Å². The Kier molecular flexibility index (Phi) is 7.66. The van der Waals surface area contributed by atoms with Crippen LogP contribution in [0.4, 0.5) is 0 Å². The van der Waals surface area contributed by atoms with Crippen molar-refractivity contribution in [2.45, 2.75) is 31.2 Å². The van der Waals surface area contributed by atoms with Crippen LogP contribution in [0.15, 0.2) is 29.2 Å². The van der Waals surface area contributed by atoms with E-state index < -0.39 is 10.0 Å². The van der Waals surface area contributed by atoms with E-state index >= 15 is 0 Å². The second-order valence-corrected chi connectivity index (χ2v) is 8.03. The predicted molar refractivity (Wildman–Crippen MR) is 97.2 cm³/mol. The van der Waals surface area contributed by atoms with Crippen LogP contribution in [-0.2, 0) is 10.0 Å². The average molecular weight is 376 g/mol. The molecule has 1 N–H and O–H groups in total. The third-order valence-electron chi connectivity index (χ3n) is 4.13. The average Bonchev–Trinajstić information content (AvgIpc) is 2.82. The van der Waals surface area contributed by atoms with Crippen LogP contribution in [-0.4, -0.2) is 62.8 Å². The Morgan fingerprint density at radius 2 is 1.79 bits per heavy atom.